The highest BCUT2D eigenvalue weighted by Crippen LogP contribution is 2.39. The predicted octanol–water partition coefficient (Wildman–Crippen LogP) is 6.17. The molecule has 1 nitrogen and oxygen atoms in total. The van der Waals surface area contributed by atoms with Crippen molar-refractivity contribution in [1.29, 1.82) is 0 Å². The van der Waals surface area contributed by atoms with Crippen molar-refractivity contribution in [1.82, 2.24) is 5.32 Å². The average Bonchev–Trinajstić information content (AvgIpc) is 3.27. The molecule has 1 saturated carbocycles. The topological polar surface area (TPSA) is 12.0 Å². The number of nitrogens with one attached hydrogen (secondary N) is 1. The van der Waals surface area contributed by atoms with Crippen LogP contribution in [0.3, 0.4) is 0 Å². The lowest BCUT2D eigenvalue weighted by Gasteiger charge is -2.29. The Bertz CT molecular complexity index is 497. The Labute approximate surface area is 136 Å². The smallest absolute Gasteiger partial charge is 0.0448 e. The molecule has 0 bridgehead atoms. The first kappa shape index (κ1) is 15.3. The summed E-state index contributed by atoms with van der Waals surface area (Å²) in [5, 5.41) is 8.45. The van der Waals surface area contributed by atoms with E-state index in [1.54, 1.807) is 0 Å². The Balaban J connectivity index is 1.78. The monoisotopic (exact) mass is 319 g/mol. The van der Waals surface area contributed by atoms with Crippen molar-refractivity contribution in [3.63, 3.8) is 0 Å². The summed E-state index contributed by atoms with van der Waals surface area (Å²) in [4.78, 5) is 3.02. The molecular formula is C18H25NS2. The van der Waals surface area contributed by atoms with Crippen LogP contribution in [-0.2, 0) is 0 Å². The van der Waals surface area contributed by atoms with Crippen LogP contribution >= 0.6 is 22.7 Å². The first-order chi connectivity index (χ1) is 10.4. The van der Waals surface area contributed by atoms with Gasteiger partial charge in [-0.3, -0.25) is 0 Å². The minimum atomic E-state index is 0.516. The zero-order chi connectivity index (χ0) is 14.5. The van der Waals surface area contributed by atoms with E-state index < -0.39 is 0 Å². The molecule has 0 amide bonds. The number of hydrogen-bond acceptors (Lipinski definition) is 3. The summed E-state index contributed by atoms with van der Waals surface area (Å²) in [5.74, 6) is 0.822. The predicted molar refractivity (Wildman–Crippen MR) is 94.1 cm³/mol. The summed E-state index contributed by atoms with van der Waals surface area (Å²) in [5.41, 5.74) is 0. The molecule has 2 unspecified atom stereocenters. The van der Waals surface area contributed by atoms with Crippen LogP contribution in [0.4, 0.5) is 0 Å². The second-order valence-electron chi connectivity index (χ2n) is 6.06. The van der Waals surface area contributed by atoms with Gasteiger partial charge >= 0.3 is 0 Å². The number of hydrogen-bond donors (Lipinski definition) is 1. The molecule has 0 spiro atoms. The molecule has 3 rings (SSSR count). The maximum Gasteiger partial charge on any atom is 0.0448 e. The van der Waals surface area contributed by atoms with Crippen molar-refractivity contribution in [3.05, 3.63) is 44.8 Å². The second kappa shape index (κ2) is 7.57. The number of rotatable bonds is 7. The van der Waals surface area contributed by atoms with Crippen molar-refractivity contribution in [2.75, 3.05) is 0 Å². The molecule has 2 aromatic rings. The highest BCUT2D eigenvalue weighted by molar-refractivity contribution is 7.10. The molecular weight excluding hydrogens is 294 g/mol. The molecule has 114 valence electrons. The third-order valence-electron chi connectivity index (χ3n) is 4.57. The molecule has 0 radical (unpaired) electrons. The van der Waals surface area contributed by atoms with Crippen molar-refractivity contribution in [2.45, 2.75) is 57.5 Å². The zero-order valence-corrected chi connectivity index (χ0v) is 14.4. The molecule has 1 aliphatic carbocycles. The lowest BCUT2D eigenvalue weighted by atomic mass is 9.95. The maximum atomic E-state index is 4.02. The first-order valence-electron chi connectivity index (χ1n) is 8.21. The van der Waals surface area contributed by atoms with Gasteiger partial charge in [0.2, 0.25) is 0 Å². The lowest BCUT2D eigenvalue weighted by molar-refractivity contribution is 0.326. The molecule has 1 fully saturated rings. The molecule has 2 atom stereocenters. The van der Waals surface area contributed by atoms with E-state index in [4.69, 9.17) is 0 Å². The third kappa shape index (κ3) is 3.77. The summed E-state index contributed by atoms with van der Waals surface area (Å²) < 4.78 is 0. The third-order valence-corrected chi connectivity index (χ3v) is 6.51. The molecule has 0 aliphatic heterocycles. The summed E-state index contributed by atoms with van der Waals surface area (Å²) in [6, 6.07) is 10.0. The molecule has 0 saturated heterocycles. The van der Waals surface area contributed by atoms with Gasteiger partial charge in [0.1, 0.15) is 0 Å². The van der Waals surface area contributed by atoms with Gasteiger partial charge < -0.3 is 5.32 Å². The van der Waals surface area contributed by atoms with Gasteiger partial charge in [-0.1, -0.05) is 38.3 Å². The first-order valence-corrected chi connectivity index (χ1v) is 9.97. The molecule has 2 heterocycles. The van der Waals surface area contributed by atoms with Gasteiger partial charge in [0.25, 0.3) is 0 Å². The van der Waals surface area contributed by atoms with Crippen molar-refractivity contribution < 1.29 is 0 Å². The van der Waals surface area contributed by atoms with E-state index in [2.05, 4.69) is 47.3 Å². The molecule has 21 heavy (non-hydrogen) atoms. The second-order valence-corrected chi connectivity index (χ2v) is 8.02. The van der Waals surface area contributed by atoms with Crippen LogP contribution in [0.15, 0.2) is 35.0 Å². The maximum absolute atomic E-state index is 4.02. The largest absolute Gasteiger partial charge is 0.301 e. The normalized spacial score (nSPS) is 18.9. The van der Waals surface area contributed by atoms with Gasteiger partial charge in [-0.15, -0.1) is 22.7 Å². The minimum absolute atomic E-state index is 0.516. The number of thiophene rings is 2. The summed E-state index contributed by atoms with van der Waals surface area (Å²) in [7, 11) is 0. The fourth-order valence-corrected chi connectivity index (χ4v) is 5.21. The molecule has 1 aliphatic rings. The fourth-order valence-electron chi connectivity index (χ4n) is 3.51. The molecule has 3 heteroatoms. The zero-order valence-electron chi connectivity index (χ0n) is 12.8. The van der Waals surface area contributed by atoms with E-state index >= 15 is 0 Å². The van der Waals surface area contributed by atoms with E-state index in [0.717, 1.165) is 5.92 Å². The summed E-state index contributed by atoms with van der Waals surface area (Å²) in [6.07, 6.45) is 8.06. The highest BCUT2D eigenvalue weighted by atomic mass is 32.1. The fraction of sp³-hybridized carbons (Fsp3) is 0.556. The van der Waals surface area contributed by atoms with Crippen LogP contribution < -0.4 is 5.32 Å². The van der Waals surface area contributed by atoms with E-state index in [1.165, 1.54) is 48.3 Å². The molecule has 2 aromatic heterocycles. The van der Waals surface area contributed by atoms with E-state index in [9.17, 15) is 0 Å². The van der Waals surface area contributed by atoms with Gasteiger partial charge in [0, 0.05) is 21.8 Å². The van der Waals surface area contributed by atoms with Crippen LogP contribution in [0.2, 0.25) is 0 Å². The van der Waals surface area contributed by atoms with Gasteiger partial charge in [-0.2, -0.15) is 0 Å². The van der Waals surface area contributed by atoms with Gasteiger partial charge in [0.15, 0.2) is 0 Å². The Morgan fingerprint density at radius 3 is 2.33 bits per heavy atom. The van der Waals surface area contributed by atoms with Crippen LogP contribution in [0.5, 0.6) is 0 Å². The van der Waals surface area contributed by atoms with Crippen molar-refractivity contribution >= 4 is 22.7 Å². The highest BCUT2D eigenvalue weighted by Gasteiger charge is 2.29. The van der Waals surface area contributed by atoms with E-state index in [-0.39, 0.29) is 0 Å². The van der Waals surface area contributed by atoms with Crippen LogP contribution in [0.25, 0.3) is 0 Å². The molecule has 0 aromatic carbocycles. The standard InChI is InChI=1S/C18H25NS2/c1-2-7-15(16-10-5-12-20-16)19-18(14-8-3-4-9-14)17-11-6-13-21-17/h5-6,10-15,18-19H,2-4,7-9H2,1H3. The van der Waals surface area contributed by atoms with Gasteiger partial charge in [0.05, 0.1) is 0 Å². The Kier molecular flexibility index (Phi) is 5.50. The minimum Gasteiger partial charge on any atom is -0.301 e. The Hall–Kier alpha value is -0.640. The SMILES string of the molecule is CCCC(NC(c1cccs1)C1CCCC1)c1cccs1. The Morgan fingerprint density at radius 2 is 1.76 bits per heavy atom. The van der Waals surface area contributed by atoms with Crippen LogP contribution in [0, 0.1) is 5.92 Å². The average molecular weight is 320 g/mol. The van der Waals surface area contributed by atoms with Gasteiger partial charge in [-0.05, 0) is 48.1 Å². The van der Waals surface area contributed by atoms with Crippen LogP contribution in [0.1, 0.15) is 67.3 Å². The van der Waals surface area contributed by atoms with Crippen molar-refractivity contribution in [2.24, 2.45) is 5.92 Å². The van der Waals surface area contributed by atoms with Crippen LogP contribution in [-0.4, -0.2) is 0 Å². The quantitative estimate of drug-likeness (QED) is 0.643. The summed E-state index contributed by atoms with van der Waals surface area (Å²) >= 11 is 3.81. The van der Waals surface area contributed by atoms with E-state index in [0.29, 0.717) is 12.1 Å². The molecule has 1 N–H and O–H groups in total. The summed E-state index contributed by atoms with van der Waals surface area (Å²) in [6.45, 7) is 2.29. The lowest BCUT2D eigenvalue weighted by Crippen LogP contribution is -2.30. The van der Waals surface area contributed by atoms with Crippen molar-refractivity contribution in [3.8, 4) is 0 Å². The van der Waals surface area contributed by atoms with E-state index in [1.807, 2.05) is 22.7 Å². The Morgan fingerprint density at radius 1 is 1.10 bits per heavy atom. The van der Waals surface area contributed by atoms with Gasteiger partial charge in [-0.25, -0.2) is 0 Å².